The maximum atomic E-state index is 9.93. The van der Waals surface area contributed by atoms with Gasteiger partial charge >= 0.3 is 0 Å². The van der Waals surface area contributed by atoms with Crippen LogP contribution in [0, 0.1) is 22.7 Å². The Bertz CT molecular complexity index is 955. The van der Waals surface area contributed by atoms with E-state index in [0.717, 1.165) is 21.3 Å². The number of nitrogens with zero attached hydrogens (tertiary/aromatic N) is 2. The molecule has 2 aromatic rings. The summed E-state index contributed by atoms with van der Waals surface area (Å²) in [6, 6.07) is 13.6. The van der Waals surface area contributed by atoms with Crippen LogP contribution in [0.15, 0.2) is 35.4 Å². The number of alkyl halides is 4. The van der Waals surface area contributed by atoms with Gasteiger partial charge < -0.3 is 0 Å². The first-order chi connectivity index (χ1) is 13.6. The first-order valence-electron chi connectivity index (χ1n) is 8.72. The third kappa shape index (κ3) is 2.88. The van der Waals surface area contributed by atoms with Crippen LogP contribution in [-0.2, 0) is 21.3 Å². The first kappa shape index (κ1) is 20.4. The smallest absolute Gasteiger partial charge is 0.0968 e. The summed E-state index contributed by atoms with van der Waals surface area (Å²) in [6.45, 7) is 0. The Balaban J connectivity index is 2.07. The molecule has 3 aliphatic rings. The Morgan fingerprint density at radius 2 is 0.821 bits per heavy atom. The Labute approximate surface area is 198 Å². The summed E-state index contributed by atoms with van der Waals surface area (Å²) in [5, 5.41) is 22.9. The zero-order valence-electron chi connectivity index (χ0n) is 14.7. The lowest BCUT2D eigenvalue weighted by molar-refractivity contribution is 0.757. The van der Waals surface area contributed by atoms with Crippen molar-refractivity contribution in [2.45, 2.75) is 33.2 Å². The van der Waals surface area contributed by atoms with Crippen LogP contribution >= 0.6 is 63.7 Å². The van der Waals surface area contributed by atoms with Crippen molar-refractivity contribution in [3.05, 3.63) is 79.9 Å². The second-order valence-electron chi connectivity index (χ2n) is 6.95. The summed E-state index contributed by atoms with van der Waals surface area (Å²) < 4.78 is 0. The fourth-order valence-electron chi connectivity index (χ4n) is 4.47. The monoisotopic (exact) mass is 622 g/mol. The molecule has 2 bridgehead atoms. The lowest BCUT2D eigenvalue weighted by Gasteiger charge is -2.41. The molecule has 0 spiro atoms. The average molecular weight is 626 g/mol. The molecule has 0 atom stereocenters. The summed E-state index contributed by atoms with van der Waals surface area (Å²) in [7, 11) is 0. The van der Waals surface area contributed by atoms with Gasteiger partial charge in [0.2, 0.25) is 0 Å². The Hall–Kier alpha value is -0.920. The van der Waals surface area contributed by atoms with Crippen LogP contribution in [0.3, 0.4) is 0 Å². The molecule has 3 aliphatic carbocycles. The standard InChI is InChI=1S/C22H14Br4N2/c23-5-11-1-15-16(2-12(11)6-24)22-18-4-14(8-26)13(7-25)3-17(18)21(15)19(9-27)20(22)10-28/h1-4,21-22H,5-8H2. The maximum absolute atomic E-state index is 9.93. The Morgan fingerprint density at radius 1 is 0.571 bits per heavy atom. The van der Waals surface area contributed by atoms with E-state index < -0.39 is 0 Å². The van der Waals surface area contributed by atoms with E-state index in [1.54, 1.807) is 0 Å². The van der Waals surface area contributed by atoms with Gasteiger partial charge in [0, 0.05) is 33.2 Å². The van der Waals surface area contributed by atoms with E-state index in [1.807, 2.05) is 0 Å². The molecule has 0 radical (unpaired) electrons. The average Bonchev–Trinajstić information content (AvgIpc) is 2.75. The molecular formula is C22H14Br4N2. The number of rotatable bonds is 4. The van der Waals surface area contributed by atoms with E-state index in [4.69, 9.17) is 0 Å². The molecule has 6 heteroatoms. The fourth-order valence-corrected chi connectivity index (χ4v) is 6.56. The van der Waals surface area contributed by atoms with Gasteiger partial charge in [-0.05, 0) is 44.5 Å². The van der Waals surface area contributed by atoms with Crippen molar-refractivity contribution in [2.24, 2.45) is 0 Å². The Morgan fingerprint density at radius 3 is 1.00 bits per heavy atom. The van der Waals surface area contributed by atoms with Crippen molar-refractivity contribution in [3.63, 3.8) is 0 Å². The molecule has 0 aromatic heterocycles. The summed E-state index contributed by atoms with van der Waals surface area (Å²) in [5.74, 6) is -0.335. The number of halogens is 4. The highest BCUT2D eigenvalue weighted by Crippen LogP contribution is 2.56. The highest BCUT2D eigenvalue weighted by molar-refractivity contribution is 9.09. The number of nitriles is 2. The number of hydrogen-bond donors (Lipinski definition) is 0. The van der Waals surface area contributed by atoms with Crippen molar-refractivity contribution >= 4 is 63.7 Å². The van der Waals surface area contributed by atoms with Crippen molar-refractivity contribution in [3.8, 4) is 12.1 Å². The number of hydrogen-bond acceptors (Lipinski definition) is 2. The van der Waals surface area contributed by atoms with Gasteiger partial charge in [0.25, 0.3) is 0 Å². The van der Waals surface area contributed by atoms with E-state index in [9.17, 15) is 10.5 Å². The van der Waals surface area contributed by atoms with Crippen LogP contribution in [0.25, 0.3) is 0 Å². The van der Waals surface area contributed by atoms with E-state index in [2.05, 4.69) is 100 Å². The fraction of sp³-hybridized carbons (Fsp3) is 0.273. The summed E-state index contributed by atoms with van der Waals surface area (Å²) in [5.41, 5.74) is 10.8. The maximum Gasteiger partial charge on any atom is 0.0968 e. The molecule has 0 aliphatic heterocycles. The number of allylic oxidation sites excluding steroid dienone is 2. The van der Waals surface area contributed by atoms with Gasteiger partial charge in [0.05, 0.1) is 23.3 Å². The molecule has 0 saturated heterocycles. The van der Waals surface area contributed by atoms with Crippen LogP contribution < -0.4 is 0 Å². The van der Waals surface area contributed by atoms with Crippen molar-refractivity contribution in [1.82, 2.24) is 0 Å². The molecule has 0 fully saturated rings. The molecule has 0 amide bonds. The molecule has 5 rings (SSSR count). The minimum absolute atomic E-state index is 0.168. The molecule has 140 valence electrons. The van der Waals surface area contributed by atoms with Crippen LogP contribution in [-0.4, -0.2) is 0 Å². The van der Waals surface area contributed by atoms with Gasteiger partial charge in [0.15, 0.2) is 0 Å². The van der Waals surface area contributed by atoms with Gasteiger partial charge in [-0.2, -0.15) is 10.5 Å². The van der Waals surface area contributed by atoms with Crippen molar-refractivity contribution in [1.29, 1.82) is 10.5 Å². The van der Waals surface area contributed by atoms with Gasteiger partial charge in [0.1, 0.15) is 0 Å². The zero-order chi connectivity index (χ0) is 20.0. The van der Waals surface area contributed by atoms with Gasteiger partial charge in [-0.3, -0.25) is 0 Å². The van der Waals surface area contributed by atoms with E-state index in [0.29, 0.717) is 11.1 Å². The second kappa shape index (κ2) is 8.07. The normalized spacial score (nSPS) is 19.1. The lowest BCUT2D eigenvalue weighted by Crippen LogP contribution is -2.28. The molecule has 0 unspecified atom stereocenters. The predicted molar refractivity (Wildman–Crippen MR) is 125 cm³/mol. The largest absolute Gasteiger partial charge is 0.193 e. The summed E-state index contributed by atoms with van der Waals surface area (Å²) in [6.07, 6.45) is 0. The van der Waals surface area contributed by atoms with Crippen LogP contribution in [0.4, 0.5) is 0 Å². The SMILES string of the molecule is N#CC1=C(C#N)C2c3cc(CBr)c(CBr)cc3C1c1cc(CBr)c(CBr)cc12. The minimum atomic E-state index is -0.168. The van der Waals surface area contributed by atoms with Crippen molar-refractivity contribution in [2.75, 3.05) is 0 Å². The molecule has 0 heterocycles. The van der Waals surface area contributed by atoms with Crippen LogP contribution in [0.5, 0.6) is 0 Å². The van der Waals surface area contributed by atoms with Crippen LogP contribution in [0.2, 0.25) is 0 Å². The van der Waals surface area contributed by atoms with E-state index >= 15 is 0 Å². The Kier molecular flexibility index (Phi) is 5.87. The molecule has 0 saturated carbocycles. The quantitative estimate of drug-likeness (QED) is 0.338. The van der Waals surface area contributed by atoms with Gasteiger partial charge in [-0.25, -0.2) is 0 Å². The van der Waals surface area contributed by atoms with E-state index in [1.165, 1.54) is 44.5 Å². The van der Waals surface area contributed by atoms with E-state index in [-0.39, 0.29) is 11.8 Å². The molecule has 2 nitrogen and oxygen atoms in total. The molecular weight excluding hydrogens is 612 g/mol. The summed E-state index contributed by atoms with van der Waals surface area (Å²) in [4.78, 5) is 0. The first-order valence-corrected chi connectivity index (χ1v) is 13.2. The molecule has 0 N–H and O–H groups in total. The molecule has 2 aromatic carbocycles. The third-order valence-corrected chi connectivity index (χ3v) is 8.16. The molecule has 28 heavy (non-hydrogen) atoms. The van der Waals surface area contributed by atoms with Gasteiger partial charge in [-0.1, -0.05) is 88.0 Å². The van der Waals surface area contributed by atoms with Crippen molar-refractivity contribution < 1.29 is 0 Å². The van der Waals surface area contributed by atoms with Gasteiger partial charge in [-0.15, -0.1) is 0 Å². The highest BCUT2D eigenvalue weighted by Gasteiger charge is 2.44. The zero-order valence-corrected chi connectivity index (χ0v) is 21.0. The van der Waals surface area contributed by atoms with Crippen LogP contribution in [0.1, 0.15) is 56.3 Å². The highest BCUT2D eigenvalue weighted by atomic mass is 79.9. The third-order valence-electron chi connectivity index (χ3n) is 5.74. The lowest BCUT2D eigenvalue weighted by atomic mass is 9.60. The summed E-state index contributed by atoms with van der Waals surface area (Å²) >= 11 is 14.4. The minimum Gasteiger partial charge on any atom is -0.193 e. The second-order valence-corrected chi connectivity index (χ2v) is 9.19. The topological polar surface area (TPSA) is 47.6 Å². The number of benzene rings is 2. The predicted octanol–water partition coefficient (Wildman–Crippen LogP) is 7.20.